The molecule has 2 aromatic rings. The number of rotatable bonds is 3. The molecule has 0 bridgehead atoms. The van der Waals surface area contributed by atoms with Crippen molar-refractivity contribution < 1.29 is 8.42 Å². The van der Waals surface area contributed by atoms with Gasteiger partial charge in [0.2, 0.25) is 10.0 Å². The maximum atomic E-state index is 12.2. The van der Waals surface area contributed by atoms with Crippen LogP contribution < -0.4 is 4.72 Å². The van der Waals surface area contributed by atoms with Crippen molar-refractivity contribution >= 4 is 20.9 Å². The van der Waals surface area contributed by atoms with Crippen LogP contribution in [-0.2, 0) is 10.0 Å². The number of benzene rings is 1. The molecule has 1 heterocycles. The fraction of sp³-hybridized carbons (Fsp3) is 0.154. The third kappa shape index (κ3) is 2.35. The van der Waals surface area contributed by atoms with E-state index < -0.39 is 16.1 Å². The molecule has 2 rings (SSSR count). The molecule has 0 spiro atoms. The molecule has 1 N–H and O–H groups in total. The number of hydrogen-bond donors (Lipinski definition) is 1. The minimum atomic E-state index is -3.63. The zero-order chi connectivity index (χ0) is 13.2. The number of aromatic nitrogens is 1. The third-order valence-corrected chi connectivity index (χ3v) is 4.08. The summed E-state index contributed by atoms with van der Waals surface area (Å²) in [6, 6.07) is 7.82. The highest BCUT2D eigenvalue weighted by Gasteiger charge is 2.18. The van der Waals surface area contributed by atoms with Crippen molar-refractivity contribution in [3.8, 4) is 12.3 Å². The Kier molecular flexibility index (Phi) is 3.32. The second-order valence-corrected chi connectivity index (χ2v) is 5.52. The van der Waals surface area contributed by atoms with Crippen molar-refractivity contribution in [1.82, 2.24) is 9.71 Å². The topological polar surface area (TPSA) is 59.1 Å². The fourth-order valence-electron chi connectivity index (χ4n) is 1.64. The minimum Gasteiger partial charge on any atom is -0.256 e. The predicted molar refractivity (Wildman–Crippen MR) is 70.4 cm³/mol. The van der Waals surface area contributed by atoms with Crippen molar-refractivity contribution in [3.05, 3.63) is 36.5 Å². The van der Waals surface area contributed by atoms with E-state index in [1.807, 2.05) is 0 Å². The van der Waals surface area contributed by atoms with E-state index in [0.29, 0.717) is 10.9 Å². The average molecular weight is 260 g/mol. The van der Waals surface area contributed by atoms with E-state index in [9.17, 15) is 8.42 Å². The van der Waals surface area contributed by atoms with E-state index in [0.717, 1.165) is 0 Å². The lowest BCUT2D eigenvalue weighted by molar-refractivity contribution is 0.578. The van der Waals surface area contributed by atoms with Gasteiger partial charge in [0.25, 0.3) is 0 Å². The number of sulfonamides is 1. The van der Waals surface area contributed by atoms with Crippen LogP contribution in [-0.4, -0.2) is 19.4 Å². The molecule has 1 unspecified atom stereocenters. The zero-order valence-corrected chi connectivity index (χ0v) is 10.6. The molecule has 0 aliphatic heterocycles. The molecule has 0 radical (unpaired) electrons. The largest absolute Gasteiger partial charge is 0.256 e. The summed E-state index contributed by atoms with van der Waals surface area (Å²) in [5.41, 5.74) is 0.633. The highest BCUT2D eigenvalue weighted by molar-refractivity contribution is 7.89. The summed E-state index contributed by atoms with van der Waals surface area (Å²) in [5.74, 6) is 2.33. The summed E-state index contributed by atoms with van der Waals surface area (Å²) in [6.07, 6.45) is 6.80. The number of fused-ring (bicyclic) bond motifs is 1. The normalized spacial score (nSPS) is 13.1. The first kappa shape index (κ1) is 12.6. The van der Waals surface area contributed by atoms with Gasteiger partial charge in [0.05, 0.1) is 16.5 Å². The Morgan fingerprint density at radius 3 is 2.83 bits per heavy atom. The van der Waals surface area contributed by atoms with Crippen molar-refractivity contribution in [2.24, 2.45) is 0 Å². The first-order chi connectivity index (χ1) is 8.54. The van der Waals surface area contributed by atoms with E-state index in [1.165, 1.54) is 6.07 Å². The number of pyridine rings is 1. The van der Waals surface area contributed by atoms with Gasteiger partial charge in [0.1, 0.15) is 0 Å². The van der Waals surface area contributed by atoms with Crippen LogP contribution >= 0.6 is 0 Å². The molecule has 1 aromatic heterocycles. The third-order valence-electron chi connectivity index (χ3n) is 2.48. The summed E-state index contributed by atoms with van der Waals surface area (Å²) in [4.78, 5) is 4.31. The lowest BCUT2D eigenvalue weighted by Crippen LogP contribution is -2.31. The van der Waals surface area contributed by atoms with Gasteiger partial charge in [0.15, 0.2) is 0 Å². The van der Waals surface area contributed by atoms with Crippen LogP contribution in [0.15, 0.2) is 41.4 Å². The SMILES string of the molecule is C#CC(C)NS(=O)(=O)c1cccc2ncccc12. The van der Waals surface area contributed by atoms with Crippen LogP contribution in [0.25, 0.3) is 10.9 Å². The molecule has 4 nitrogen and oxygen atoms in total. The van der Waals surface area contributed by atoms with Crippen molar-refractivity contribution in [2.75, 3.05) is 0 Å². The summed E-state index contributed by atoms with van der Waals surface area (Å²) in [5, 5.41) is 0.580. The first-order valence-corrected chi connectivity index (χ1v) is 6.85. The van der Waals surface area contributed by atoms with Gasteiger partial charge in [-0.1, -0.05) is 12.0 Å². The van der Waals surface area contributed by atoms with Gasteiger partial charge in [0, 0.05) is 11.6 Å². The molecule has 1 atom stereocenters. The Bertz CT molecular complexity index is 712. The predicted octanol–water partition coefficient (Wildman–Crippen LogP) is 1.53. The summed E-state index contributed by atoms with van der Waals surface area (Å²) >= 11 is 0. The summed E-state index contributed by atoms with van der Waals surface area (Å²) in [7, 11) is -3.63. The average Bonchev–Trinajstić information content (AvgIpc) is 2.37. The number of hydrogen-bond acceptors (Lipinski definition) is 3. The second kappa shape index (κ2) is 4.77. The van der Waals surface area contributed by atoms with E-state index in [-0.39, 0.29) is 4.90 Å². The van der Waals surface area contributed by atoms with Crippen LogP contribution in [0.1, 0.15) is 6.92 Å². The Morgan fingerprint density at radius 1 is 1.33 bits per heavy atom. The van der Waals surface area contributed by atoms with Crippen LogP contribution in [0.5, 0.6) is 0 Å². The van der Waals surface area contributed by atoms with Gasteiger partial charge < -0.3 is 0 Å². The van der Waals surface area contributed by atoms with Crippen LogP contribution in [0, 0.1) is 12.3 Å². The lowest BCUT2D eigenvalue weighted by atomic mass is 10.2. The molecular weight excluding hydrogens is 248 g/mol. The summed E-state index contributed by atoms with van der Waals surface area (Å²) in [6.45, 7) is 1.61. The Morgan fingerprint density at radius 2 is 2.11 bits per heavy atom. The Hall–Kier alpha value is -1.90. The molecule has 92 valence electrons. The van der Waals surface area contributed by atoms with Crippen molar-refractivity contribution in [3.63, 3.8) is 0 Å². The lowest BCUT2D eigenvalue weighted by Gasteiger charge is -2.10. The summed E-state index contributed by atoms with van der Waals surface area (Å²) < 4.78 is 26.8. The van der Waals surface area contributed by atoms with Crippen LogP contribution in [0.3, 0.4) is 0 Å². The monoisotopic (exact) mass is 260 g/mol. The molecule has 1 aromatic carbocycles. The maximum Gasteiger partial charge on any atom is 0.242 e. The standard InChI is InChI=1S/C13H12N2O2S/c1-3-10(2)15-18(16,17)13-8-4-7-12-11(13)6-5-9-14-12/h1,4-10,15H,2H3. The molecular formula is C13H12N2O2S. The first-order valence-electron chi connectivity index (χ1n) is 5.37. The molecule has 0 saturated heterocycles. The number of nitrogens with zero attached hydrogens (tertiary/aromatic N) is 1. The van der Waals surface area contributed by atoms with Crippen molar-refractivity contribution in [1.29, 1.82) is 0 Å². The fourth-order valence-corrected chi connectivity index (χ4v) is 3.02. The molecule has 18 heavy (non-hydrogen) atoms. The maximum absolute atomic E-state index is 12.2. The second-order valence-electron chi connectivity index (χ2n) is 3.84. The van der Waals surface area contributed by atoms with E-state index >= 15 is 0 Å². The minimum absolute atomic E-state index is 0.190. The van der Waals surface area contributed by atoms with Gasteiger partial charge >= 0.3 is 0 Å². The van der Waals surface area contributed by atoms with Gasteiger partial charge in [-0.15, -0.1) is 6.42 Å². The molecule has 0 saturated carbocycles. The number of nitrogens with one attached hydrogen (secondary N) is 1. The smallest absolute Gasteiger partial charge is 0.242 e. The number of terminal acetylenes is 1. The highest BCUT2D eigenvalue weighted by Crippen LogP contribution is 2.21. The van der Waals surface area contributed by atoms with E-state index in [1.54, 1.807) is 37.4 Å². The van der Waals surface area contributed by atoms with E-state index in [4.69, 9.17) is 6.42 Å². The molecule has 0 aliphatic carbocycles. The zero-order valence-electron chi connectivity index (χ0n) is 9.79. The van der Waals surface area contributed by atoms with Gasteiger partial charge in [-0.25, -0.2) is 8.42 Å². The van der Waals surface area contributed by atoms with Gasteiger partial charge in [-0.05, 0) is 31.2 Å². The Labute approximate surface area is 106 Å². The highest BCUT2D eigenvalue weighted by atomic mass is 32.2. The molecule has 0 aliphatic rings. The molecule has 0 fully saturated rings. The molecule has 0 amide bonds. The van der Waals surface area contributed by atoms with Crippen LogP contribution in [0.4, 0.5) is 0 Å². The van der Waals surface area contributed by atoms with Crippen LogP contribution in [0.2, 0.25) is 0 Å². The van der Waals surface area contributed by atoms with E-state index in [2.05, 4.69) is 15.6 Å². The van der Waals surface area contributed by atoms with Gasteiger partial charge in [-0.2, -0.15) is 4.72 Å². The van der Waals surface area contributed by atoms with Gasteiger partial charge in [-0.3, -0.25) is 4.98 Å². The molecule has 5 heteroatoms. The van der Waals surface area contributed by atoms with Crippen molar-refractivity contribution in [2.45, 2.75) is 17.9 Å². The Balaban J connectivity index is 2.58. The quantitative estimate of drug-likeness (QED) is 0.851.